The molecule has 0 radical (unpaired) electrons. The van der Waals surface area contributed by atoms with E-state index in [1.165, 1.54) is 0 Å². The van der Waals surface area contributed by atoms with Crippen LogP contribution in [0, 0.1) is 0 Å². The molecule has 0 aliphatic heterocycles. The molecule has 0 saturated carbocycles. The molecule has 0 aromatic carbocycles. The van der Waals surface area contributed by atoms with Crippen LogP contribution in [0.2, 0.25) is 0 Å². The number of H-pyrrole nitrogens is 1. The maximum Gasteiger partial charge on any atom is 0.243 e. The van der Waals surface area contributed by atoms with E-state index in [0.717, 1.165) is 0 Å². The standard InChI is InChI=1S/C6H13N5OS/c1-4(13(2)12)3-8-6-9-5(7)10-11-6/h4H,3H2,1-2H3,(H4,7,8,9,10,11). The fraction of sp³-hybridized carbons (Fsp3) is 0.667. The van der Waals surface area contributed by atoms with Crippen LogP contribution in [0.4, 0.5) is 11.9 Å². The maximum atomic E-state index is 11.0. The predicted molar refractivity (Wildman–Crippen MR) is 52.8 cm³/mol. The Bertz CT molecular complexity index is 299. The van der Waals surface area contributed by atoms with Crippen molar-refractivity contribution in [1.82, 2.24) is 15.2 Å². The first-order chi connectivity index (χ1) is 6.09. The van der Waals surface area contributed by atoms with Gasteiger partial charge in [-0.25, -0.2) is 5.10 Å². The number of rotatable bonds is 4. The number of aromatic amines is 1. The zero-order chi connectivity index (χ0) is 9.84. The van der Waals surface area contributed by atoms with Gasteiger partial charge in [-0.3, -0.25) is 4.21 Å². The molecule has 1 aromatic rings. The van der Waals surface area contributed by atoms with Crippen LogP contribution in [0.3, 0.4) is 0 Å². The fourth-order valence-electron chi connectivity index (χ4n) is 0.706. The van der Waals surface area contributed by atoms with Crippen LogP contribution < -0.4 is 11.1 Å². The summed E-state index contributed by atoms with van der Waals surface area (Å²) in [5.74, 6) is 0.711. The van der Waals surface area contributed by atoms with Gasteiger partial charge in [0.2, 0.25) is 11.9 Å². The Kier molecular flexibility index (Phi) is 3.24. The molecule has 0 bridgehead atoms. The SMILES string of the molecule is CC(CNc1n[nH]c(N)n1)S(C)=O. The van der Waals surface area contributed by atoms with Crippen LogP contribution in [-0.4, -0.2) is 37.4 Å². The summed E-state index contributed by atoms with van der Waals surface area (Å²) in [6, 6.07) is 0. The van der Waals surface area contributed by atoms with E-state index in [9.17, 15) is 4.21 Å². The molecule has 2 atom stereocenters. The van der Waals surface area contributed by atoms with Crippen LogP contribution in [0.15, 0.2) is 0 Å². The van der Waals surface area contributed by atoms with E-state index < -0.39 is 10.8 Å². The molecule has 0 aliphatic rings. The van der Waals surface area contributed by atoms with Crippen molar-refractivity contribution in [3.8, 4) is 0 Å². The third-order valence-electron chi connectivity index (χ3n) is 1.62. The minimum absolute atomic E-state index is 0.0692. The average molecular weight is 203 g/mol. The summed E-state index contributed by atoms with van der Waals surface area (Å²) in [6.45, 7) is 2.46. The van der Waals surface area contributed by atoms with Crippen LogP contribution in [0.1, 0.15) is 6.92 Å². The number of nitrogens with one attached hydrogen (secondary N) is 2. The van der Waals surface area contributed by atoms with E-state index in [0.29, 0.717) is 12.5 Å². The van der Waals surface area contributed by atoms with Gasteiger partial charge in [0.1, 0.15) is 0 Å². The van der Waals surface area contributed by atoms with Gasteiger partial charge in [-0.2, -0.15) is 4.98 Å². The number of hydrogen-bond acceptors (Lipinski definition) is 5. The number of nitrogens with zero attached hydrogens (tertiary/aromatic N) is 2. The normalized spacial score (nSPS) is 15.2. The number of hydrogen-bond donors (Lipinski definition) is 3. The highest BCUT2D eigenvalue weighted by molar-refractivity contribution is 7.84. The monoisotopic (exact) mass is 203 g/mol. The molecule has 0 amide bonds. The molecule has 0 fully saturated rings. The topological polar surface area (TPSA) is 96.7 Å². The molecule has 1 rings (SSSR count). The van der Waals surface area contributed by atoms with Gasteiger partial charge in [0.15, 0.2) is 0 Å². The molecule has 6 nitrogen and oxygen atoms in total. The number of anilines is 2. The second-order valence-electron chi connectivity index (χ2n) is 2.73. The van der Waals surface area contributed by atoms with Crippen molar-refractivity contribution in [3.05, 3.63) is 0 Å². The Morgan fingerprint density at radius 3 is 2.92 bits per heavy atom. The number of nitrogens with two attached hydrogens (primary N) is 1. The van der Waals surface area contributed by atoms with E-state index >= 15 is 0 Å². The average Bonchev–Trinajstić information content (AvgIpc) is 2.47. The summed E-state index contributed by atoms with van der Waals surface area (Å²) < 4.78 is 11.0. The zero-order valence-electron chi connectivity index (χ0n) is 7.57. The van der Waals surface area contributed by atoms with Gasteiger partial charge < -0.3 is 11.1 Å². The second kappa shape index (κ2) is 4.22. The Hall–Kier alpha value is -1.11. The molecule has 13 heavy (non-hydrogen) atoms. The summed E-state index contributed by atoms with van der Waals surface area (Å²) in [5.41, 5.74) is 5.32. The molecule has 1 heterocycles. The number of aromatic nitrogens is 3. The lowest BCUT2D eigenvalue weighted by molar-refractivity contribution is 0.678. The Balaban J connectivity index is 2.39. The van der Waals surface area contributed by atoms with E-state index in [4.69, 9.17) is 5.73 Å². The first kappa shape index (κ1) is 9.97. The van der Waals surface area contributed by atoms with Gasteiger partial charge in [-0.1, -0.05) is 0 Å². The third-order valence-corrected chi connectivity index (χ3v) is 2.92. The first-order valence-corrected chi connectivity index (χ1v) is 5.45. The molecule has 0 spiro atoms. The Morgan fingerprint density at radius 2 is 2.46 bits per heavy atom. The number of nitrogen functional groups attached to an aromatic ring is 1. The summed E-state index contributed by atoms with van der Waals surface area (Å²) >= 11 is 0. The van der Waals surface area contributed by atoms with Gasteiger partial charge in [-0.15, -0.1) is 5.10 Å². The van der Waals surface area contributed by atoms with Crippen molar-refractivity contribution in [1.29, 1.82) is 0 Å². The Morgan fingerprint density at radius 1 is 1.77 bits per heavy atom. The second-order valence-corrected chi connectivity index (χ2v) is 4.54. The van der Waals surface area contributed by atoms with Crippen LogP contribution in [0.5, 0.6) is 0 Å². The minimum atomic E-state index is -0.837. The van der Waals surface area contributed by atoms with Gasteiger partial charge in [-0.05, 0) is 6.92 Å². The van der Waals surface area contributed by atoms with Gasteiger partial charge in [0.25, 0.3) is 0 Å². The first-order valence-electron chi connectivity index (χ1n) is 3.83. The third kappa shape index (κ3) is 3.02. The van der Waals surface area contributed by atoms with E-state index in [-0.39, 0.29) is 11.2 Å². The molecule has 7 heteroatoms. The van der Waals surface area contributed by atoms with E-state index in [1.54, 1.807) is 6.26 Å². The summed E-state index contributed by atoms with van der Waals surface area (Å²) in [6.07, 6.45) is 1.67. The van der Waals surface area contributed by atoms with Gasteiger partial charge >= 0.3 is 0 Å². The minimum Gasteiger partial charge on any atom is -0.368 e. The van der Waals surface area contributed by atoms with Crippen molar-refractivity contribution in [3.63, 3.8) is 0 Å². The predicted octanol–water partition coefficient (Wildman–Crippen LogP) is -0.434. The zero-order valence-corrected chi connectivity index (χ0v) is 8.39. The fourth-order valence-corrected chi connectivity index (χ4v) is 1.02. The molecular weight excluding hydrogens is 190 g/mol. The van der Waals surface area contributed by atoms with Crippen molar-refractivity contribution >= 4 is 22.7 Å². The van der Waals surface area contributed by atoms with Crippen molar-refractivity contribution in [2.24, 2.45) is 0 Å². The van der Waals surface area contributed by atoms with Crippen LogP contribution in [-0.2, 0) is 10.8 Å². The van der Waals surface area contributed by atoms with Crippen molar-refractivity contribution < 1.29 is 4.21 Å². The van der Waals surface area contributed by atoms with E-state index in [2.05, 4.69) is 20.5 Å². The summed E-state index contributed by atoms with van der Waals surface area (Å²) in [7, 11) is -0.837. The lowest BCUT2D eigenvalue weighted by Gasteiger charge is -2.07. The lowest BCUT2D eigenvalue weighted by atomic mass is 10.5. The summed E-state index contributed by atoms with van der Waals surface area (Å²) in [4.78, 5) is 3.84. The molecule has 0 aliphatic carbocycles. The quantitative estimate of drug-likeness (QED) is 0.616. The van der Waals surface area contributed by atoms with Crippen LogP contribution >= 0.6 is 0 Å². The van der Waals surface area contributed by atoms with Crippen LogP contribution in [0.25, 0.3) is 0 Å². The molecule has 0 saturated heterocycles. The molecule has 4 N–H and O–H groups in total. The van der Waals surface area contributed by atoms with E-state index in [1.807, 2.05) is 6.92 Å². The van der Waals surface area contributed by atoms with Gasteiger partial charge in [0, 0.05) is 28.9 Å². The summed E-state index contributed by atoms with van der Waals surface area (Å²) in [5, 5.41) is 9.27. The highest BCUT2D eigenvalue weighted by Gasteiger charge is 2.06. The van der Waals surface area contributed by atoms with Gasteiger partial charge in [0.05, 0.1) is 0 Å². The van der Waals surface area contributed by atoms with Crippen molar-refractivity contribution in [2.45, 2.75) is 12.2 Å². The highest BCUT2D eigenvalue weighted by atomic mass is 32.2. The van der Waals surface area contributed by atoms with Crippen molar-refractivity contribution in [2.75, 3.05) is 23.9 Å². The highest BCUT2D eigenvalue weighted by Crippen LogP contribution is 2.00. The molecule has 74 valence electrons. The molecule has 2 unspecified atom stereocenters. The smallest absolute Gasteiger partial charge is 0.243 e. The largest absolute Gasteiger partial charge is 0.368 e. The molecular formula is C6H13N5OS. The molecule has 1 aromatic heterocycles. The Labute approximate surface area is 78.8 Å². The maximum absolute atomic E-state index is 11.0. The lowest BCUT2D eigenvalue weighted by Crippen LogP contribution is -2.21.